The van der Waals surface area contributed by atoms with Crippen molar-refractivity contribution in [3.05, 3.63) is 47.0 Å². The van der Waals surface area contributed by atoms with E-state index in [2.05, 4.69) is 17.2 Å². The zero-order chi connectivity index (χ0) is 16.2. The number of rotatable bonds is 6. The van der Waals surface area contributed by atoms with E-state index in [1.807, 2.05) is 28.8 Å². The Morgan fingerprint density at radius 1 is 1.26 bits per heavy atom. The molecule has 1 N–H and O–H groups in total. The molecular weight excluding hydrogens is 292 g/mol. The average molecular weight is 312 g/mol. The summed E-state index contributed by atoms with van der Waals surface area (Å²) in [4.78, 5) is 28.9. The van der Waals surface area contributed by atoms with Crippen LogP contribution in [0.3, 0.4) is 0 Å². The van der Waals surface area contributed by atoms with Gasteiger partial charge in [-0.25, -0.2) is 4.98 Å². The third-order valence-electron chi connectivity index (χ3n) is 3.91. The molecule has 6 heteroatoms. The lowest BCUT2D eigenvalue weighted by molar-refractivity contribution is -0.121. The van der Waals surface area contributed by atoms with Crippen molar-refractivity contribution in [2.45, 2.75) is 32.7 Å². The second-order valence-electron chi connectivity index (χ2n) is 5.52. The minimum atomic E-state index is -0.123. The zero-order valence-corrected chi connectivity index (χ0v) is 13.2. The van der Waals surface area contributed by atoms with Crippen molar-refractivity contribution >= 4 is 22.6 Å². The molecule has 0 bridgehead atoms. The summed E-state index contributed by atoms with van der Waals surface area (Å²) in [5.74, 6) is -0.0373. The third kappa shape index (κ3) is 2.97. The largest absolute Gasteiger partial charge is 0.356 e. The van der Waals surface area contributed by atoms with Gasteiger partial charge in [0, 0.05) is 31.9 Å². The lowest BCUT2D eigenvalue weighted by Crippen LogP contribution is -2.29. The predicted molar refractivity (Wildman–Crippen MR) is 89.5 cm³/mol. The molecular formula is C17H20N4O2. The van der Waals surface area contributed by atoms with Gasteiger partial charge in [-0.2, -0.15) is 0 Å². The first kappa shape index (κ1) is 15.3. The number of amides is 1. The van der Waals surface area contributed by atoms with Crippen LogP contribution in [0.15, 0.2) is 41.5 Å². The van der Waals surface area contributed by atoms with Crippen LogP contribution in [-0.2, 0) is 11.3 Å². The fraction of sp³-hybridized carbons (Fsp3) is 0.353. The third-order valence-corrected chi connectivity index (χ3v) is 3.91. The van der Waals surface area contributed by atoms with Crippen LogP contribution >= 0.6 is 0 Å². The Kier molecular flexibility index (Phi) is 4.41. The molecule has 0 atom stereocenters. The highest BCUT2D eigenvalue weighted by atomic mass is 16.1. The van der Waals surface area contributed by atoms with Crippen molar-refractivity contribution in [2.24, 2.45) is 0 Å². The maximum Gasteiger partial charge on any atom is 0.276 e. The SMILES string of the molecule is CCCCNC(=O)CCn1c(=O)c2cccn2c2cccnc21. The molecule has 6 nitrogen and oxygen atoms in total. The van der Waals surface area contributed by atoms with Gasteiger partial charge >= 0.3 is 0 Å². The van der Waals surface area contributed by atoms with Gasteiger partial charge in [-0.3, -0.25) is 14.2 Å². The van der Waals surface area contributed by atoms with E-state index < -0.39 is 0 Å². The Morgan fingerprint density at radius 3 is 2.91 bits per heavy atom. The van der Waals surface area contributed by atoms with Crippen molar-refractivity contribution in [3.63, 3.8) is 0 Å². The van der Waals surface area contributed by atoms with Crippen molar-refractivity contribution in [1.82, 2.24) is 19.3 Å². The molecule has 0 unspecified atom stereocenters. The van der Waals surface area contributed by atoms with Crippen molar-refractivity contribution < 1.29 is 4.79 Å². The number of hydrogen-bond acceptors (Lipinski definition) is 3. The molecule has 3 rings (SSSR count). The van der Waals surface area contributed by atoms with E-state index in [0.717, 1.165) is 18.4 Å². The highest BCUT2D eigenvalue weighted by Crippen LogP contribution is 2.13. The van der Waals surface area contributed by atoms with Gasteiger partial charge in [0.2, 0.25) is 5.91 Å². The molecule has 0 fully saturated rings. The summed E-state index contributed by atoms with van der Waals surface area (Å²) in [6.07, 6.45) is 5.79. The number of carbonyl (C=O) groups is 1. The first-order chi connectivity index (χ1) is 11.2. The maximum atomic E-state index is 12.6. The summed E-state index contributed by atoms with van der Waals surface area (Å²) in [7, 11) is 0. The number of nitrogens with one attached hydrogen (secondary N) is 1. The van der Waals surface area contributed by atoms with Crippen molar-refractivity contribution in [3.8, 4) is 0 Å². The quantitative estimate of drug-likeness (QED) is 0.707. The fourth-order valence-corrected chi connectivity index (χ4v) is 2.70. The number of hydrogen-bond donors (Lipinski definition) is 1. The molecule has 0 radical (unpaired) electrons. The topological polar surface area (TPSA) is 68.4 Å². The van der Waals surface area contributed by atoms with Crippen LogP contribution in [0.2, 0.25) is 0 Å². The monoisotopic (exact) mass is 312 g/mol. The number of pyridine rings is 1. The first-order valence-corrected chi connectivity index (χ1v) is 7.93. The van der Waals surface area contributed by atoms with Crippen molar-refractivity contribution in [1.29, 1.82) is 0 Å². The Balaban J connectivity index is 1.91. The Hall–Kier alpha value is -2.63. The molecule has 0 saturated carbocycles. The molecule has 0 aliphatic carbocycles. The molecule has 3 aromatic rings. The van der Waals surface area contributed by atoms with Gasteiger partial charge in [-0.05, 0) is 30.7 Å². The molecule has 23 heavy (non-hydrogen) atoms. The van der Waals surface area contributed by atoms with E-state index >= 15 is 0 Å². The van der Waals surface area contributed by atoms with Crippen LogP contribution in [0.4, 0.5) is 0 Å². The van der Waals surface area contributed by atoms with Crippen LogP contribution in [0.1, 0.15) is 26.2 Å². The minimum absolute atomic E-state index is 0.0373. The van der Waals surface area contributed by atoms with Gasteiger partial charge in [-0.15, -0.1) is 0 Å². The molecule has 0 aliphatic heterocycles. The van der Waals surface area contributed by atoms with E-state index in [1.54, 1.807) is 16.8 Å². The zero-order valence-electron chi connectivity index (χ0n) is 13.2. The Bertz CT molecular complexity index is 894. The summed E-state index contributed by atoms with van der Waals surface area (Å²) in [5, 5.41) is 2.87. The second-order valence-corrected chi connectivity index (χ2v) is 5.52. The van der Waals surface area contributed by atoms with Gasteiger partial charge in [0.1, 0.15) is 5.52 Å². The molecule has 0 aliphatic rings. The Labute approximate surface area is 133 Å². The lowest BCUT2D eigenvalue weighted by atomic mass is 10.3. The number of carbonyl (C=O) groups excluding carboxylic acids is 1. The summed E-state index contributed by atoms with van der Waals surface area (Å²) in [5.41, 5.74) is 1.93. The van der Waals surface area contributed by atoms with Gasteiger partial charge in [0.15, 0.2) is 5.65 Å². The number of aromatic nitrogens is 3. The molecule has 3 aromatic heterocycles. The van der Waals surface area contributed by atoms with Gasteiger partial charge < -0.3 is 9.72 Å². The van der Waals surface area contributed by atoms with Gasteiger partial charge in [-0.1, -0.05) is 13.3 Å². The second kappa shape index (κ2) is 6.64. The van der Waals surface area contributed by atoms with E-state index in [4.69, 9.17) is 0 Å². The summed E-state index contributed by atoms with van der Waals surface area (Å²) < 4.78 is 3.42. The highest BCUT2D eigenvalue weighted by molar-refractivity contribution is 5.77. The molecule has 1 amide bonds. The lowest BCUT2D eigenvalue weighted by Gasteiger charge is -2.11. The molecule has 120 valence electrons. The number of aryl methyl sites for hydroxylation is 1. The van der Waals surface area contributed by atoms with Gasteiger partial charge in [0.05, 0.1) is 5.52 Å². The Morgan fingerprint density at radius 2 is 2.09 bits per heavy atom. The normalized spacial score (nSPS) is 11.2. The van der Waals surface area contributed by atoms with Crippen LogP contribution < -0.4 is 10.9 Å². The van der Waals surface area contributed by atoms with Crippen LogP contribution in [0.5, 0.6) is 0 Å². The fourth-order valence-electron chi connectivity index (χ4n) is 2.70. The summed E-state index contributed by atoms with van der Waals surface area (Å²) in [6.45, 7) is 3.09. The number of fused-ring (bicyclic) bond motifs is 3. The van der Waals surface area contributed by atoms with Crippen LogP contribution in [-0.4, -0.2) is 26.4 Å². The molecule has 0 saturated heterocycles. The average Bonchev–Trinajstić information content (AvgIpc) is 3.05. The van der Waals surface area contributed by atoms with Crippen LogP contribution in [0, 0.1) is 0 Å². The van der Waals surface area contributed by atoms with Crippen LogP contribution in [0.25, 0.3) is 16.7 Å². The molecule has 3 heterocycles. The number of nitrogens with zero attached hydrogens (tertiary/aromatic N) is 3. The first-order valence-electron chi connectivity index (χ1n) is 7.93. The predicted octanol–water partition coefficient (Wildman–Crippen LogP) is 1.96. The van der Waals surface area contributed by atoms with Gasteiger partial charge in [0.25, 0.3) is 5.56 Å². The maximum absolute atomic E-state index is 12.6. The summed E-state index contributed by atoms with van der Waals surface area (Å²) in [6, 6.07) is 7.39. The smallest absolute Gasteiger partial charge is 0.276 e. The standard InChI is InChI=1S/C17H20N4O2/c1-2-3-9-18-15(22)8-12-21-16-13(6-4-10-19-16)20-11-5-7-14(20)17(21)23/h4-7,10-11H,2-3,8-9,12H2,1H3,(H,18,22). The van der Waals surface area contributed by atoms with E-state index in [9.17, 15) is 9.59 Å². The molecule has 0 aromatic carbocycles. The highest BCUT2D eigenvalue weighted by Gasteiger charge is 2.12. The molecule has 0 spiro atoms. The van der Waals surface area contributed by atoms with Crippen molar-refractivity contribution in [2.75, 3.05) is 6.54 Å². The summed E-state index contributed by atoms with van der Waals surface area (Å²) >= 11 is 0. The van der Waals surface area contributed by atoms with E-state index in [0.29, 0.717) is 24.3 Å². The number of unbranched alkanes of at least 4 members (excludes halogenated alkanes) is 1. The van der Waals surface area contributed by atoms with E-state index in [-0.39, 0.29) is 17.9 Å². The van der Waals surface area contributed by atoms with E-state index in [1.165, 1.54) is 0 Å². The minimum Gasteiger partial charge on any atom is -0.356 e.